The van der Waals surface area contributed by atoms with Gasteiger partial charge in [-0.3, -0.25) is 0 Å². The van der Waals surface area contributed by atoms with Crippen molar-refractivity contribution in [2.45, 2.75) is 6.54 Å². The highest BCUT2D eigenvalue weighted by atomic mass is 35.5. The van der Waals surface area contributed by atoms with Crippen molar-refractivity contribution >= 4 is 28.9 Å². The molecule has 0 fully saturated rings. The van der Waals surface area contributed by atoms with Crippen molar-refractivity contribution in [1.29, 1.82) is 0 Å². The standard InChI is InChI=1S/C15H15Cl2NO2/c1-19-13-8-7-10(14(17)15(13)20-2)9-18-12-6-4-3-5-11(12)16/h3-8,18H,9H2,1-2H3. The van der Waals surface area contributed by atoms with E-state index in [1.165, 1.54) is 0 Å². The van der Waals surface area contributed by atoms with Gasteiger partial charge in [-0.1, -0.05) is 41.4 Å². The molecule has 20 heavy (non-hydrogen) atoms. The van der Waals surface area contributed by atoms with Crippen molar-refractivity contribution < 1.29 is 9.47 Å². The fraction of sp³-hybridized carbons (Fsp3) is 0.200. The van der Waals surface area contributed by atoms with Gasteiger partial charge in [-0.15, -0.1) is 0 Å². The minimum atomic E-state index is 0.534. The highest BCUT2D eigenvalue weighted by Gasteiger charge is 2.13. The van der Waals surface area contributed by atoms with Gasteiger partial charge in [0, 0.05) is 6.54 Å². The van der Waals surface area contributed by atoms with Gasteiger partial charge >= 0.3 is 0 Å². The van der Waals surface area contributed by atoms with Gasteiger partial charge in [-0.05, 0) is 23.8 Å². The van der Waals surface area contributed by atoms with Crippen LogP contribution in [-0.4, -0.2) is 14.2 Å². The Morgan fingerprint density at radius 1 is 1.00 bits per heavy atom. The lowest BCUT2D eigenvalue weighted by Crippen LogP contribution is -2.02. The molecule has 0 saturated heterocycles. The molecule has 0 heterocycles. The number of hydrogen-bond acceptors (Lipinski definition) is 3. The average Bonchev–Trinajstić information content (AvgIpc) is 2.47. The van der Waals surface area contributed by atoms with E-state index < -0.39 is 0 Å². The molecule has 106 valence electrons. The molecule has 0 spiro atoms. The van der Waals surface area contributed by atoms with Gasteiger partial charge in [-0.25, -0.2) is 0 Å². The molecular formula is C15H15Cl2NO2. The van der Waals surface area contributed by atoms with Gasteiger partial charge in [-0.2, -0.15) is 0 Å². The average molecular weight is 312 g/mol. The first kappa shape index (κ1) is 14.8. The lowest BCUT2D eigenvalue weighted by atomic mass is 10.2. The molecule has 0 unspecified atom stereocenters. The van der Waals surface area contributed by atoms with E-state index in [1.54, 1.807) is 14.2 Å². The smallest absolute Gasteiger partial charge is 0.179 e. The number of para-hydroxylation sites is 1. The first-order chi connectivity index (χ1) is 9.67. The Bertz CT molecular complexity index is 602. The summed E-state index contributed by atoms with van der Waals surface area (Å²) in [5, 5.41) is 4.45. The largest absolute Gasteiger partial charge is 0.493 e. The molecule has 0 atom stereocenters. The summed E-state index contributed by atoms with van der Waals surface area (Å²) < 4.78 is 10.5. The molecule has 0 bridgehead atoms. The van der Waals surface area contributed by atoms with Crippen LogP contribution < -0.4 is 14.8 Å². The fourth-order valence-corrected chi connectivity index (χ4v) is 2.36. The molecule has 0 aromatic heterocycles. The van der Waals surface area contributed by atoms with Gasteiger partial charge < -0.3 is 14.8 Å². The minimum absolute atomic E-state index is 0.534. The van der Waals surface area contributed by atoms with E-state index in [9.17, 15) is 0 Å². The molecule has 0 aliphatic heterocycles. The molecule has 5 heteroatoms. The number of methoxy groups -OCH3 is 2. The zero-order valence-electron chi connectivity index (χ0n) is 11.2. The Hall–Kier alpha value is -1.58. The number of benzene rings is 2. The molecule has 0 aliphatic rings. The van der Waals surface area contributed by atoms with Crippen LogP contribution in [0.5, 0.6) is 11.5 Å². The number of halogens is 2. The van der Waals surface area contributed by atoms with Crippen LogP contribution in [-0.2, 0) is 6.54 Å². The highest BCUT2D eigenvalue weighted by molar-refractivity contribution is 6.33. The van der Waals surface area contributed by atoms with Crippen LogP contribution in [0.4, 0.5) is 5.69 Å². The lowest BCUT2D eigenvalue weighted by molar-refractivity contribution is 0.355. The summed E-state index contributed by atoms with van der Waals surface area (Å²) in [6.45, 7) is 0.545. The Kier molecular flexibility index (Phi) is 4.99. The molecule has 1 N–H and O–H groups in total. The summed E-state index contributed by atoms with van der Waals surface area (Å²) in [6, 6.07) is 11.3. The third-order valence-electron chi connectivity index (χ3n) is 2.91. The zero-order valence-corrected chi connectivity index (χ0v) is 12.8. The third-order valence-corrected chi connectivity index (χ3v) is 3.65. The van der Waals surface area contributed by atoms with E-state index in [1.807, 2.05) is 36.4 Å². The molecule has 0 saturated carbocycles. The molecule has 0 aliphatic carbocycles. The van der Waals surface area contributed by atoms with Gasteiger partial charge in [0.1, 0.15) is 0 Å². The van der Waals surface area contributed by atoms with Crippen molar-refractivity contribution in [3.63, 3.8) is 0 Å². The summed E-state index contributed by atoms with van der Waals surface area (Å²) in [5.74, 6) is 1.15. The van der Waals surface area contributed by atoms with Crippen LogP contribution in [0.3, 0.4) is 0 Å². The van der Waals surface area contributed by atoms with Crippen LogP contribution >= 0.6 is 23.2 Å². The number of anilines is 1. The first-order valence-electron chi connectivity index (χ1n) is 6.05. The summed E-state index contributed by atoms with van der Waals surface area (Å²) in [7, 11) is 3.14. The Morgan fingerprint density at radius 3 is 2.40 bits per heavy atom. The predicted octanol–water partition coefficient (Wildman–Crippen LogP) is 4.62. The second-order valence-electron chi connectivity index (χ2n) is 4.11. The lowest BCUT2D eigenvalue weighted by Gasteiger charge is -2.14. The number of nitrogens with one attached hydrogen (secondary N) is 1. The molecular weight excluding hydrogens is 297 g/mol. The zero-order chi connectivity index (χ0) is 14.5. The van der Waals surface area contributed by atoms with Gasteiger partial charge in [0.2, 0.25) is 0 Å². The maximum Gasteiger partial charge on any atom is 0.179 e. The van der Waals surface area contributed by atoms with Crippen molar-refractivity contribution in [3.05, 3.63) is 52.0 Å². The van der Waals surface area contributed by atoms with Crippen molar-refractivity contribution in [2.24, 2.45) is 0 Å². The molecule has 0 amide bonds. The Morgan fingerprint density at radius 2 is 1.75 bits per heavy atom. The van der Waals surface area contributed by atoms with Crippen molar-refractivity contribution in [2.75, 3.05) is 19.5 Å². The minimum Gasteiger partial charge on any atom is -0.493 e. The molecule has 2 aromatic rings. The quantitative estimate of drug-likeness (QED) is 0.873. The van der Waals surface area contributed by atoms with E-state index in [-0.39, 0.29) is 0 Å². The SMILES string of the molecule is COc1ccc(CNc2ccccc2Cl)c(Cl)c1OC. The van der Waals surface area contributed by atoms with Gasteiger partial charge in [0.15, 0.2) is 11.5 Å². The van der Waals surface area contributed by atoms with Crippen molar-refractivity contribution in [1.82, 2.24) is 0 Å². The van der Waals surface area contributed by atoms with E-state index in [4.69, 9.17) is 32.7 Å². The van der Waals surface area contributed by atoms with Crippen LogP contribution in [0.25, 0.3) is 0 Å². The maximum absolute atomic E-state index is 6.32. The number of ether oxygens (including phenoxy) is 2. The Labute approximate surface area is 128 Å². The van der Waals surface area contributed by atoms with E-state index in [0.29, 0.717) is 28.1 Å². The molecule has 2 rings (SSSR count). The van der Waals surface area contributed by atoms with Crippen LogP contribution in [0.2, 0.25) is 10.0 Å². The summed E-state index contributed by atoms with van der Waals surface area (Å²) in [5.41, 5.74) is 1.77. The first-order valence-corrected chi connectivity index (χ1v) is 6.80. The number of rotatable bonds is 5. The molecule has 2 aromatic carbocycles. The highest BCUT2D eigenvalue weighted by Crippen LogP contribution is 2.37. The second-order valence-corrected chi connectivity index (χ2v) is 4.89. The summed E-state index contributed by atoms with van der Waals surface area (Å²) in [6.07, 6.45) is 0. The van der Waals surface area contributed by atoms with Crippen LogP contribution in [0, 0.1) is 0 Å². The summed E-state index contributed by atoms with van der Waals surface area (Å²) in [4.78, 5) is 0. The molecule has 3 nitrogen and oxygen atoms in total. The normalized spacial score (nSPS) is 10.2. The molecule has 0 radical (unpaired) electrons. The fourth-order valence-electron chi connectivity index (χ4n) is 1.86. The number of hydrogen-bond donors (Lipinski definition) is 1. The van der Waals surface area contributed by atoms with Crippen LogP contribution in [0.1, 0.15) is 5.56 Å². The predicted molar refractivity (Wildman–Crippen MR) is 83.3 cm³/mol. The van der Waals surface area contributed by atoms with E-state index in [2.05, 4.69) is 5.32 Å². The van der Waals surface area contributed by atoms with E-state index >= 15 is 0 Å². The van der Waals surface area contributed by atoms with Gasteiger partial charge in [0.05, 0.1) is 30.0 Å². The third kappa shape index (κ3) is 3.11. The van der Waals surface area contributed by atoms with Crippen LogP contribution in [0.15, 0.2) is 36.4 Å². The van der Waals surface area contributed by atoms with E-state index in [0.717, 1.165) is 11.3 Å². The second kappa shape index (κ2) is 6.73. The Balaban J connectivity index is 2.20. The van der Waals surface area contributed by atoms with Gasteiger partial charge in [0.25, 0.3) is 0 Å². The topological polar surface area (TPSA) is 30.5 Å². The maximum atomic E-state index is 6.32. The van der Waals surface area contributed by atoms with Crippen molar-refractivity contribution in [3.8, 4) is 11.5 Å². The summed E-state index contributed by atoms with van der Waals surface area (Å²) >= 11 is 12.4. The monoisotopic (exact) mass is 311 g/mol.